The lowest BCUT2D eigenvalue weighted by Crippen LogP contribution is -2.45. The highest BCUT2D eigenvalue weighted by atomic mass is 28.4. The van der Waals surface area contributed by atoms with Gasteiger partial charge in [-0.05, 0) is 54.8 Å². The molecule has 1 N–H and O–H groups in total. The van der Waals surface area contributed by atoms with Crippen molar-refractivity contribution in [2.24, 2.45) is 11.8 Å². The van der Waals surface area contributed by atoms with E-state index in [1.165, 1.54) is 12.7 Å². The molecule has 0 amide bonds. The van der Waals surface area contributed by atoms with Crippen LogP contribution in [0.3, 0.4) is 0 Å². The van der Waals surface area contributed by atoms with E-state index < -0.39 is 20.4 Å². The van der Waals surface area contributed by atoms with E-state index in [2.05, 4.69) is 66.8 Å². The van der Waals surface area contributed by atoms with E-state index in [0.29, 0.717) is 24.9 Å². The fourth-order valence-corrected chi connectivity index (χ4v) is 5.28. The molecule has 6 heteroatoms. The summed E-state index contributed by atoms with van der Waals surface area (Å²) >= 11 is 0. The molecule has 0 aliphatic heterocycles. The second-order valence-electron chi connectivity index (χ2n) is 11.2. The van der Waals surface area contributed by atoms with Crippen molar-refractivity contribution >= 4 is 14.3 Å². The largest absolute Gasteiger partial charge is 0.469 e. The summed E-state index contributed by atoms with van der Waals surface area (Å²) in [6.07, 6.45) is 1.46. The standard InChI is InChI=1S/C27H48O5Si/c1-20(2)26(31-19-22-13-11-10-12-14-22)21(3)15-16-24(17-23(28)18-25(29)30-7)32-33(8,9)27(4,5)6/h10-14,20-21,23-24,26,28H,15-19H2,1-9H3/t21-,23-,24-,26-/m0/s1. The Hall–Kier alpha value is -1.21. The molecule has 190 valence electrons. The molecule has 5 nitrogen and oxygen atoms in total. The molecule has 1 rings (SSSR count). The molecular weight excluding hydrogens is 432 g/mol. The SMILES string of the molecule is COC(=O)C[C@@H](O)C[C@H](CC[C@H](C)[C@@H](OCc1ccccc1)C(C)C)O[Si](C)(C)C(C)(C)C. The Balaban J connectivity index is 2.82. The van der Waals surface area contributed by atoms with Crippen LogP contribution in [0.15, 0.2) is 30.3 Å². The highest BCUT2D eigenvalue weighted by molar-refractivity contribution is 6.74. The van der Waals surface area contributed by atoms with Gasteiger partial charge in [-0.1, -0.05) is 71.9 Å². The lowest BCUT2D eigenvalue weighted by Gasteiger charge is -2.40. The minimum absolute atomic E-state index is 0.00176. The minimum atomic E-state index is -2.02. The summed E-state index contributed by atoms with van der Waals surface area (Å²) in [6.45, 7) is 18.4. The first-order chi connectivity index (χ1) is 15.3. The normalized spacial score (nSPS) is 16.3. The van der Waals surface area contributed by atoms with E-state index in [9.17, 15) is 9.90 Å². The van der Waals surface area contributed by atoms with Gasteiger partial charge in [-0.2, -0.15) is 0 Å². The second-order valence-corrected chi connectivity index (χ2v) is 16.0. The van der Waals surface area contributed by atoms with Crippen LogP contribution >= 0.6 is 0 Å². The van der Waals surface area contributed by atoms with Crippen LogP contribution in [0.1, 0.15) is 72.8 Å². The number of methoxy groups -OCH3 is 1. The average Bonchev–Trinajstić information content (AvgIpc) is 2.71. The second kappa shape index (κ2) is 13.6. The number of esters is 1. The molecule has 0 radical (unpaired) electrons. The molecular formula is C27H48O5Si. The lowest BCUT2D eigenvalue weighted by atomic mass is 9.89. The first-order valence-corrected chi connectivity index (χ1v) is 15.3. The van der Waals surface area contributed by atoms with Crippen LogP contribution in [0.4, 0.5) is 0 Å². The van der Waals surface area contributed by atoms with Gasteiger partial charge in [-0.15, -0.1) is 0 Å². The number of aliphatic hydroxyl groups is 1. The Morgan fingerprint density at radius 1 is 1.06 bits per heavy atom. The number of carbonyl (C=O) groups is 1. The van der Waals surface area contributed by atoms with E-state index in [-0.39, 0.29) is 23.7 Å². The number of hydrogen-bond donors (Lipinski definition) is 1. The third-order valence-electron chi connectivity index (χ3n) is 6.88. The quantitative estimate of drug-likeness (QED) is 0.248. The average molecular weight is 481 g/mol. The molecule has 1 aromatic rings. The topological polar surface area (TPSA) is 65.0 Å². The van der Waals surface area contributed by atoms with Crippen molar-refractivity contribution in [1.29, 1.82) is 0 Å². The van der Waals surface area contributed by atoms with Gasteiger partial charge in [0.2, 0.25) is 0 Å². The van der Waals surface area contributed by atoms with Crippen molar-refractivity contribution in [3.63, 3.8) is 0 Å². The van der Waals surface area contributed by atoms with Gasteiger partial charge in [0.25, 0.3) is 0 Å². The Kier molecular flexibility index (Phi) is 12.3. The maximum absolute atomic E-state index is 11.6. The zero-order valence-electron chi connectivity index (χ0n) is 22.4. The van der Waals surface area contributed by atoms with Gasteiger partial charge >= 0.3 is 5.97 Å². The maximum Gasteiger partial charge on any atom is 0.308 e. The van der Waals surface area contributed by atoms with Crippen LogP contribution in [0.2, 0.25) is 18.1 Å². The zero-order valence-corrected chi connectivity index (χ0v) is 23.4. The van der Waals surface area contributed by atoms with Gasteiger partial charge in [0.05, 0.1) is 32.3 Å². The molecule has 0 spiro atoms. The van der Waals surface area contributed by atoms with Crippen LogP contribution in [0.25, 0.3) is 0 Å². The third-order valence-corrected chi connectivity index (χ3v) is 11.4. The molecule has 0 aliphatic rings. The molecule has 1 aromatic carbocycles. The summed E-state index contributed by atoms with van der Waals surface area (Å²) in [4.78, 5) is 11.6. The summed E-state index contributed by atoms with van der Waals surface area (Å²) in [5.74, 6) is 0.349. The Morgan fingerprint density at radius 2 is 1.67 bits per heavy atom. The summed E-state index contributed by atoms with van der Waals surface area (Å²) < 4.78 is 17.8. The fourth-order valence-electron chi connectivity index (χ4n) is 3.87. The number of carbonyl (C=O) groups excluding carboxylic acids is 1. The van der Waals surface area contributed by atoms with Crippen LogP contribution in [-0.4, -0.2) is 44.8 Å². The van der Waals surface area contributed by atoms with Crippen molar-refractivity contribution < 1.29 is 23.8 Å². The first-order valence-electron chi connectivity index (χ1n) is 12.3. The number of benzene rings is 1. The molecule has 0 saturated carbocycles. The third kappa shape index (κ3) is 10.7. The van der Waals surface area contributed by atoms with E-state index in [1.807, 2.05) is 18.2 Å². The van der Waals surface area contributed by atoms with Gasteiger partial charge in [0.1, 0.15) is 0 Å². The smallest absolute Gasteiger partial charge is 0.308 e. The van der Waals surface area contributed by atoms with Gasteiger partial charge in [0, 0.05) is 6.10 Å². The molecule has 0 heterocycles. The number of hydrogen-bond acceptors (Lipinski definition) is 5. The summed E-state index contributed by atoms with van der Waals surface area (Å²) in [5, 5.41) is 10.6. The highest BCUT2D eigenvalue weighted by Crippen LogP contribution is 2.38. The maximum atomic E-state index is 11.6. The molecule has 0 bridgehead atoms. The Morgan fingerprint density at radius 3 is 2.18 bits per heavy atom. The van der Waals surface area contributed by atoms with E-state index in [0.717, 1.165) is 12.8 Å². The zero-order chi connectivity index (χ0) is 25.2. The summed E-state index contributed by atoms with van der Waals surface area (Å²) in [7, 11) is -0.673. The summed E-state index contributed by atoms with van der Waals surface area (Å²) in [5.41, 5.74) is 1.18. The van der Waals surface area contributed by atoms with Crippen molar-refractivity contribution in [3.8, 4) is 0 Å². The van der Waals surface area contributed by atoms with E-state index in [4.69, 9.17) is 13.9 Å². The van der Waals surface area contributed by atoms with E-state index in [1.54, 1.807) is 0 Å². The molecule has 0 unspecified atom stereocenters. The molecule has 33 heavy (non-hydrogen) atoms. The van der Waals surface area contributed by atoms with Crippen molar-refractivity contribution in [1.82, 2.24) is 0 Å². The molecule has 0 aliphatic carbocycles. The Labute approximate surface area is 203 Å². The van der Waals surface area contributed by atoms with Gasteiger partial charge < -0.3 is 19.0 Å². The van der Waals surface area contributed by atoms with E-state index >= 15 is 0 Å². The van der Waals surface area contributed by atoms with Crippen molar-refractivity contribution in [2.45, 2.75) is 110 Å². The first kappa shape index (κ1) is 29.8. The van der Waals surface area contributed by atoms with Crippen LogP contribution < -0.4 is 0 Å². The summed E-state index contributed by atoms with van der Waals surface area (Å²) in [6, 6.07) is 10.3. The number of ether oxygens (including phenoxy) is 2. The van der Waals surface area contributed by atoms with Gasteiger partial charge in [-0.25, -0.2) is 0 Å². The van der Waals surface area contributed by atoms with Crippen LogP contribution in [0.5, 0.6) is 0 Å². The number of aliphatic hydroxyl groups excluding tert-OH is 1. The molecule has 0 fully saturated rings. The predicted molar refractivity (Wildman–Crippen MR) is 138 cm³/mol. The molecule has 0 aromatic heterocycles. The van der Waals surface area contributed by atoms with Crippen LogP contribution in [-0.2, 0) is 25.3 Å². The predicted octanol–water partition coefficient (Wildman–Crippen LogP) is 6.35. The van der Waals surface area contributed by atoms with Crippen molar-refractivity contribution in [3.05, 3.63) is 35.9 Å². The van der Waals surface area contributed by atoms with Gasteiger partial charge in [0.15, 0.2) is 8.32 Å². The lowest BCUT2D eigenvalue weighted by molar-refractivity contribution is -0.143. The number of rotatable bonds is 14. The van der Waals surface area contributed by atoms with Crippen LogP contribution in [0, 0.1) is 11.8 Å². The van der Waals surface area contributed by atoms with Gasteiger partial charge in [-0.3, -0.25) is 4.79 Å². The minimum Gasteiger partial charge on any atom is -0.469 e. The molecule has 0 saturated heterocycles. The molecule has 4 atom stereocenters. The van der Waals surface area contributed by atoms with Crippen molar-refractivity contribution in [2.75, 3.05) is 7.11 Å². The fraction of sp³-hybridized carbons (Fsp3) is 0.741. The Bertz CT molecular complexity index is 684. The monoisotopic (exact) mass is 480 g/mol. The highest BCUT2D eigenvalue weighted by Gasteiger charge is 2.39.